The van der Waals surface area contributed by atoms with E-state index in [1.807, 2.05) is 18.2 Å². The number of nitrogens with one attached hydrogen (secondary N) is 1. The highest BCUT2D eigenvalue weighted by Crippen LogP contribution is 2.23. The van der Waals surface area contributed by atoms with Crippen molar-refractivity contribution in [1.82, 2.24) is 5.32 Å². The van der Waals surface area contributed by atoms with Gasteiger partial charge in [-0.25, -0.2) is 0 Å². The van der Waals surface area contributed by atoms with Crippen molar-refractivity contribution in [3.05, 3.63) is 64.1 Å². The number of rotatable bonds is 5. The lowest BCUT2D eigenvalue weighted by molar-refractivity contribution is 0.412. The van der Waals surface area contributed by atoms with Gasteiger partial charge in [-0.1, -0.05) is 40.2 Å². The Morgan fingerprint density at radius 1 is 0.950 bits per heavy atom. The molecule has 0 aliphatic rings. The predicted octanol–water partition coefficient (Wildman–Crippen LogP) is 4.87. The monoisotopic (exact) mass is 333 g/mol. The van der Waals surface area contributed by atoms with Gasteiger partial charge in [0.05, 0.1) is 7.11 Å². The Bertz CT molecular complexity index is 570. The average molecular weight is 334 g/mol. The van der Waals surface area contributed by atoms with Crippen LogP contribution in [0.25, 0.3) is 0 Å². The van der Waals surface area contributed by atoms with Gasteiger partial charge in [-0.05, 0) is 49.2 Å². The normalized spacial score (nSPS) is 13.8. The fraction of sp³-hybridized carbons (Fsp3) is 0.294. The van der Waals surface area contributed by atoms with Crippen molar-refractivity contribution in [1.29, 1.82) is 0 Å². The second kappa shape index (κ2) is 6.91. The Kier molecular flexibility index (Phi) is 5.21. The lowest BCUT2D eigenvalue weighted by Gasteiger charge is -2.21. The van der Waals surface area contributed by atoms with Crippen molar-refractivity contribution < 1.29 is 4.74 Å². The lowest BCUT2D eigenvalue weighted by atomic mass is 10.0. The molecule has 0 amide bonds. The summed E-state index contributed by atoms with van der Waals surface area (Å²) in [5.74, 6) is 0.895. The van der Waals surface area contributed by atoms with Gasteiger partial charge in [0.15, 0.2) is 0 Å². The van der Waals surface area contributed by atoms with Crippen LogP contribution in [0.3, 0.4) is 0 Å². The summed E-state index contributed by atoms with van der Waals surface area (Å²) in [6, 6.07) is 17.1. The molecule has 0 spiro atoms. The zero-order valence-electron chi connectivity index (χ0n) is 12.1. The predicted molar refractivity (Wildman–Crippen MR) is 87.1 cm³/mol. The first-order valence-corrected chi connectivity index (χ1v) is 7.55. The fourth-order valence-electron chi connectivity index (χ4n) is 2.25. The molecule has 0 bridgehead atoms. The smallest absolute Gasteiger partial charge is 0.119 e. The minimum atomic E-state index is 0.263. The average Bonchev–Trinajstić information content (AvgIpc) is 2.47. The molecule has 106 valence electrons. The molecule has 2 nitrogen and oxygen atoms in total. The third-order valence-electron chi connectivity index (χ3n) is 3.44. The van der Waals surface area contributed by atoms with Crippen LogP contribution in [0.2, 0.25) is 0 Å². The molecule has 0 fully saturated rings. The second-order valence-corrected chi connectivity index (χ2v) is 5.86. The number of hydrogen-bond donors (Lipinski definition) is 1. The maximum Gasteiger partial charge on any atom is 0.119 e. The molecule has 2 aromatic carbocycles. The van der Waals surface area contributed by atoms with Crippen LogP contribution in [0.5, 0.6) is 5.75 Å². The van der Waals surface area contributed by atoms with E-state index in [9.17, 15) is 0 Å². The van der Waals surface area contributed by atoms with Crippen LogP contribution in [-0.2, 0) is 0 Å². The van der Waals surface area contributed by atoms with E-state index in [4.69, 9.17) is 4.74 Å². The van der Waals surface area contributed by atoms with Gasteiger partial charge in [-0.15, -0.1) is 0 Å². The first-order chi connectivity index (χ1) is 9.60. The summed E-state index contributed by atoms with van der Waals surface area (Å²) >= 11 is 3.52. The fourth-order valence-corrected chi connectivity index (χ4v) is 2.67. The van der Waals surface area contributed by atoms with Gasteiger partial charge in [0.25, 0.3) is 0 Å². The molecule has 0 heterocycles. The van der Waals surface area contributed by atoms with E-state index in [1.54, 1.807) is 7.11 Å². The van der Waals surface area contributed by atoms with Crippen LogP contribution in [0, 0.1) is 0 Å². The van der Waals surface area contributed by atoms with Gasteiger partial charge in [0, 0.05) is 16.6 Å². The molecule has 2 rings (SSSR count). The van der Waals surface area contributed by atoms with Gasteiger partial charge >= 0.3 is 0 Å². The van der Waals surface area contributed by atoms with Crippen LogP contribution >= 0.6 is 15.9 Å². The zero-order valence-corrected chi connectivity index (χ0v) is 13.6. The van der Waals surface area contributed by atoms with E-state index in [2.05, 4.69) is 65.4 Å². The Labute approximate surface area is 129 Å². The molecule has 0 aliphatic heterocycles. The Morgan fingerprint density at radius 3 is 2.15 bits per heavy atom. The first-order valence-electron chi connectivity index (χ1n) is 6.75. The molecule has 1 N–H and O–H groups in total. The van der Waals surface area contributed by atoms with E-state index in [-0.39, 0.29) is 12.1 Å². The summed E-state index contributed by atoms with van der Waals surface area (Å²) in [5.41, 5.74) is 2.50. The number of methoxy groups -OCH3 is 1. The molecular formula is C17H20BrNO. The maximum atomic E-state index is 5.28. The van der Waals surface area contributed by atoms with Crippen LogP contribution in [0.15, 0.2) is 53.0 Å². The van der Waals surface area contributed by atoms with Gasteiger partial charge in [-0.3, -0.25) is 0 Å². The summed E-state index contributed by atoms with van der Waals surface area (Å²) in [6.07, 6.45) is 0. The summed E-state index contributed by atoms with van der Waals surface area (Å²) in [7, 11) is 1.70. The van der Waals surface area contributed by atoms with Crippen LogP contribution in [0.1, 0.15) is 37.1 Å². The molecule has 2 aromatic rings. The van der Waals surface area contributed by atoms with Crippen LogP contribution in [-0.4, -0.2) is 7.11 Å². The Hall–Kier alpha value is -1.32. The Balaban J connectivity index is 2.08. The first kappa shape index (κ1) is 15.1. The minimum absolute atomic E-state index is 0.263. The molecular weight excluding hydrogens is 314 g/mol. The molecule has 20 heavy (non-hydrogen) atoms. The van der Waals surface area contributed by atoms with Crippen molar-refractivity contribution in [3.63, 3.8) is 0 Å². The molecule has 0 saturated heterocycles. The van der Waals surface area contributed by atoms with E-state index >= 15 is 0 Å². The van der Waals surface area contributed by atoms with Crippen LogP contribution < -0.4 is 10.1 Å². The molecule has 1 unspecified atom stereocenters. The van der Waals surface area contributed by atoms with E-state index in [0.717, 1.165) is 10.2 Å². The molecule has 0 saturated carbocycles. The standard InChI is InChI=1S/C17H20BrNO/c1-12(14-6-4-8-16(18)10-14)19-13(2)15-7-5-9-17(11-15)20-3/h4-13,19H,1-3H3/t12-,13?/m0/s1. The van der Waals surface area contributed by atoms with E-state index in [0.29, 0.717) is 0 Å². The van der Waals surface area contributed by atoms with Gasteiger partial charge < -0.3 is 10.1 Å². The highest BCUT2D eigenvalue weighted by molar-refractivity contribution is 9.10. The summed E-state index contributed by atoms with van der Waals surface area (Å²) in [6.45, 7) is 4.35. The molecule has 0 radical (unpaired) electrons. The molecule has 3 heteroatoms. The van der Waals surface area contributed by atoms with Crippen molar-refractivity contribution in [2.45, 2.75) is 25.9 Å². The van der Waals surface area contributed by atoms with Gasteiger partial charge in [0.1, 0.15) is 5.75 Å². The molecule has 0 aromatic heterocycles. The third kappa shape index (κ3) is 3.84. The van der Waals surface area contributed by atoms with Gasteiger partial charge in [-0.2, -0.15) is 0 Å². The SMILES string of the molecule is COc1cccc(C(C)N[C@@H](C)c2cccc(Br)c2)c1. The van der Waals surface area contributed by atoms with Crippen molar-refractivity contribution >= 4 is 15.9 Å². The topological polar surface area (TPSA) is 21.3 Å². The maximum absolute atomic E-state index is 5.28. The minimum Gasteiger partial charge on any atom is -0.497 e. The van der Waals surface area contributed by atoms with Crippen molar-refractivity contribution in [2.75, 3.05) is 7.11 Å². The summed E-state index contributed by atoms with van der Waals surface area (Å²) in [5, 5.41) is 3.61. The van der Waals surface area contributed by atoms with Crippen molar-refractivity contribution in [2.24, 2.45) is 0 Å². The summed E-state index contributed by atoms with van der Waals surface area (Å²) in [4.78, 5) is 0. The summed E-state index contributed by atoms with van der Waals surface area (Å²) < 4.78 is 6.39. The largest absolute Gasteiger partial charge is 0.497 e. The van der Waals surface area contributed by atoms with Gasteiger partial charge in [0.2, 0.25) is 0 Å². The second-order valence-electron chi connectivity index (χ2n) is 4.94. The number of ether oxygens (including phenoxy) is 1. The van der Waals surface area contributed by atoms with Crippen LogP contribution in [0.4, 0.5) is 0 Å². The molecule has 0 aliphatic carbocycles. The van der Waals surface area contributed by atoms with E-state index < -0.39 is 0 Å². The number of hydrogen-bond acceptors (Lipinski definition) is 2. The third-order valence-corrected chi connectivity index (χ3v) is 3.94. The number of halogens is 1. The van der Waals surface area contributed by atoms with Crippen molar-refractivity contribution in [3.8, 4) is 5.75 Å². The number of benzene rings is 2. The van der Waals surface area contributed by atoms with E-state index in [1.165, 1.54) is 11.1 Å². The quantitative estimate of drug-likeness (QED) is 0.842. The Morgan fingerprint density at radius 2 is 1.55 bits per heavy atom. The highest BCUT2D eigenvalue weighted by atomic mass is 79.9. The zero-order chi connectivity index (χ0) is 14.5. The highest BCUT2D eigenvalue weighted by Gasteiger charge is 2.11. The molecule has 2 atom stereocenters. The lowest BCUT2D eigenvalue weighted by Crippen LogP contribution is -2.22.